The molecule has 12 heteroatoms. The summed E-state index contributed by atoms with van der Waals surface area (Å²) in [5.74, 6) is -4.93. The van der Waals surface area contributed by atoms with Crippen molar-refractivity contribution in [1.29, 1.82) is 0 Å². The predicted octanol–water partition coefficient (Wildman–Crippen LogP) is 2.76. The number of nitrogens with two attached hydrogens (primary N) is 1. The predicted molar refractivity (Wildman–Crippen MR) is 95.7 cm³/mol. The lowest BCUT2D eigenvalue weighted by Gasteiger charge is -2.37. The fraction of sp³-hybridized carbons (Fsp3) is 0.333. The number of imidazole rings is 1. The number of aromatic nitrogens is 4. The van der Waals surface area contributed by atoms with E-state index in [1.165, 1.54) is 33.8 Å². The van der Waals surface area contributed by atoms with E-state index in [2.05, 4.69) is 15.0 Å². The normalized spacial score (nSPS) is 19.2. The molecule has 1 unspecified atom stereocenters. The zero-order valence-corrected chi connectivity index (χ0v) is 15.3. The van der Waals surface area contributed by atoms with Crippen molar-refractivity contribution in [3.63, 3.8) is 0 Å². The Labute approximate surface area is 166 Å². The fourth-order valence-electron chi connectivity index (χ4n) is 3.43. The molecule has 1 aliphatic heterocycles. The lowest BCUT2D eigenvalue weighted by atomic mass is 9.94. The largest absolute Gasteiger partial charge is 0.417 e. The number of halogens is 5. The van der Waals surface area contributed by atoms with E-state index in [0.29, 0.717) is 0 Å². The SMILES string of the molecule is NC(=O)C1CN(c2ccnc(-c3cnc4ccc(C(F)(F)F)cn34)n2)CC(F)(F)C1. The first-order valence-corrected chi connectivity index (χ1v) is 8.83. The molecule has 158 valence electrons. The smallest absolute Gasteiger partial charge is 0.369 e. The first-order chi connectivity index (χ1) is 14.0. The van der Waals surface area contributed by atoms with E-state index in [-0.39, 0.29) is 29.5 Å². The molecule has 0 aromatic carbocycles. The summed E-state index contributed by atoms with van der Waals surface area (Å²) in [5, 5.41) is 0. The van der Waals surface area contributed by atoms with Crippen LogP contribution in [-0.2, 0) is 11.0 Å². The van der Waals surface area contributed by atoms with E-state index in [9.17, 15) is 26.7 Å². The second-order valence-electron chi connectivity index (χ2n) is 7.07. The van der Waals surface area contributed by atoms with Gasteiger partial charge in [-0.15, -0.1) is 0 Å². The third-order valence-electron chi connectivity index (χ3n) is 4.84. The number of primary amides is 1. The number of hydrogen-bond donors (Lipinski definition) is 1. The summed E-state index contributed by atoms with van der Waals surface area (Å²) in [6, 6.07) is 3.50. The fourth-order valence-corrected chi connectivity index (χ4v) is 3.43. The maximum absolute atomic E-state index is 14.1. The van der Waals surface area contributed by atoms with Crippen LogP contribution < -0.4 is 10.6 Å². The highest BCUT2D eigenvalue weighted by Gasteiger charge is 2.43. The van der Waals surface area contributed by atoms with Gasteiger partial charge in [-0.3, -0.25) is 9.20 Å². The minimum Gasteiger partial charge on any atom is -0.369 e. The average Bonchev–Trinajstić information content (AvgIpc) is 3.09. The van der Waals surface area contributed by atoms with Crippen LogP contribution in [0.1, 0.15) is 12.0 Å². The van der Waals surface area contributed by atoms with Gasteiger partial charge in [-0.2, -0.15) is 13.2 Å². The molecule has 30 heavy (non-hydrogen) atoms. The van der Waals surface area contributed by atoms with Gasteiger partial charge >= 0.3 is 6.18 Å². The second kappa shape index (κ2) is 6.89. The number of hydrogen-bond acceptors (Lipinski definition) is 5. The standard InChI is InChI=1S/C18H15F5N6O/c19-17(20)5-10(15(24)30)7-28(9-17)14-3-4-25-16(27-14)12-6-26-13-2-1-11(8-29(12)13)18(21,22)23/h1-4,6,8,10H,5,7,9H2,(H2,24,30). The van der Waals surface area contributed by atoms with Gasteiger partial charge in [0, 0.05) is 25.4 Å². The van der Waals surface area contributed by atoms with Crippen molar-refractivity contribution in [2.24, 2.45) is 11.7 Å². The van der Waals surface area contributed by atoms with Crippen molar-refractivity contribution in [3.8, 4) is 11.5 Å². The lowest BCUT2D eigenvalue weighted by Crippen LogP contribution is -2.50. The molecule has 1 amide bonds. The Hall–Kier alpha value is -3.31. The van der Waals surface area contributed by atoms with Gasteiger partial charge in [0.1, 0.15) is 17.2 Å². The molecule has 1 fully saturated rings. The van der Waals surface area contributed by atoms with Crippen LogP contribution in [0.3, 0.4) is 0 Å². The molecule has 3 aromatic heterocycles. The lowest BCUT2D eigenvalue weighted by molar-refractivity contribution is -0.137. The Balaban J connectivity index is 1.73. The molecule has 1 atom stereocenters. The molecular weight excluding hydrogens is 411 g/mol. The summed E-state index contributed by atoms with van der Waals surface area (Å²) in [7, 11) is 0. The van der Waals surface area contributed by atoms with Crippen LogP contribution in [0.15, 0.2) is 36.8 Å². The highest BCUT2D eigenvalue weighted by molar-refractivity contribution is 5.77. The highest BCUT2D eigenvalue weighted by atomic mass is 19.4. The molecule has 4 rings (SSSR count). The number of nitrogens with zero attached hydrogens (tertiary/aromatic N) is 5. The molecule has 0 aliphatic carbocycles. The van der Waals surface area contributed by atoms with Gasteiger partial charge in [0.2, 0.25) is 5.91 Å². The van der Waals surface area contributed by atoms with Gasteiger partial charge in [-0.1, -0.05) is 0 Å². The zero-order chi connectivity index (χ0) is 21.7. The van der Waals surface area contributed by atoms with Crippen LogP contribution in [0.5, 0.6) is 0 Å². The minimum atomic E-state index is -4.55. The molecule has 0 radical (unpaired) electrons. The topological polar surface area (TPSA) is 89.4 Å². The first kappa shape index (κ1) is 20.0. The van der Waals surface area contributed by atoms with Gasteiger partial charge < -0.3 is 10.6 Å². The quantitative estimate of drug-likeness (QED) is 0.651. The minimum absolute atomic E-state index is 0.00355. The third kappa shape index (κ3) is 3.76. The number of fused-ring (bicyclic) bond motifs is 1. The molecule has 7 nitrogen and oxygen atoms in total. The van der Waals surface area contributed by atoms with Crippen LogP contribution in [0.25, 0.3) is 17.2 Å². The van der Waals surface area contributed by atoms with Gasteiger partial charge in [-0.25, -0.2) is 23.7 Å². The number of carbonyl (C=O) groups is 1. The molecule has 3 aromatic rings. The van der Waals surface area contributed by atoms with Crippen LogP contribution in [0.2, 0.25) is 0 Å². The summed E-state index contributed by atoms with van der Waals surface area (Å²) in [4.78, 5) is 25.0. The summed E-state index contributed by atoms with van der Waals surface area (Å²) in [5.41, 5.74) is 4.73. The van der Waals surface area contributed by atoms with Crippen molar-refractivity contribution in [2.75, 3.05) is 18.0 Å². The van der Waals surface area contributed by atoms with Crippen LogP contribution >= 0.6 is 0 Å². The van der Waals surface area contributed by atoms with Crippen LogP contribution in [0.4, 0.5) is 27.8 Å². The Bertz CT molecular complexity index is 1110. The number of alkyl halides is 5. The van der Waals surface area contributed by atoms with E-state index in [1.807, 2.05) is 0 Å². The van der Waals surface area contributed by atoms with Crippen molar-refractivity contribution in [3.05, 3.63) is 42.4 Å². The summed E-state index contributed by atoms with van der Waals surface area (Å²) >= 11 is 0. The summed E-state index contributed by atoms with van der Waals surface area (Å²) in [6.07, 6.45) is -1.74. The first-order valence-electron chi connectivity index (χ1n) is 8.83. The summed E-state index contributed by atoms with van der Waals surface area (Å²) < 4.78 is 68.5. The van der Waals surface area contributed by atoms with Gasteiger partial charge in [0.15, 0.2) is 5.82 Å². The third-order valence-corrected chi connectivity index (χ3v) is 4.84. The van der Waals surface area contributed by atoms with Gasteiger partial charge in [0.05, 0.1) is 24.2 Å². The van der Waals surface area contributed by atoms with Crippen molar-refractivity contribution in [1.82, 2.24) is 19.4 Å². The van der Waals surface area contributed by atoms with E-state index in [4.69, 9.17) is 5.73 Å². The number of pyridine rings is 1. The highest BCUT2D eigenvalue weighted by Crippen LogP contribution is 2.33. The van der Waals surface area contributed by atoms with Crippen molar-refractivity contribution in [2.45, 2.75) is 18.5 Å². The molecule has 0 bridgehead atoms. The summed E-state index contributed by atoms with van der Waals surface area (Å²) in [6.45, 7) is -0.717. The molecule has 4 heterocycles. The second-order valence-corrected chi connectivity index (χ2v) is 7.07. The van der Waals surface area contributed by atoms with E-state index < -0.39 is 42.5 Å². The monoisotopic (exact) mass is 426 g/mol. The Morgan fingerprint density at radius 3 is 2.67 bits per heavy atom. The Morgan fingerprint density at radius 2 is 1.97 bits per heavy atom. The molecule has 0 saturated carbocycles. The van der Waals surface area contributed by atoms with Crippen molar-refractivity contribution >= 4 is 17.4 Å². The van der Waals surface area contributed by atoms with Gasteiger partial charge in [-0.05, 0) is 18.2 Å². The maximum atomic E-state index is 14.1. The molecular formula is C18H15F5N6O. The molecule has 0 spiro atoms. The van der Waals surface area contributed by atoms with Crippen molar-refractivity contribution < 1.29 is 26.7 Å². The number of amides is 1. The maximum Gasteiger partial charge on any atom is 0.417 e. The molecule has 1 aliphatic rings. The van der Waals surface area contributed by atoms with E-state index in [1.54, 1.807) is 0 Å². The molecule has 1 saturated heterocycles. The van der Waals surface area contributed by atoms with E-state index >= 15 is 0 Å². The number of rotatable bonds is 3. The number of anilines is 1. The van der Waals surface area contributed by atoms with Crippen LogP contribution in [-0.4, -0.2) is 44.3 Å². The average molecular weight is 426 g/mol. The number of carbonyl (C=O) groups excluding carboxylic acids is 1. The van der Waals surface area contributed by atoms with Crippen LogP contribution in [0, 0.1) is 5.92 Å². The Kier molecular flexibility index (Phi) is 4.59. The molecule has 2 N–H and O–H groups in total. The Morgan fingerprint density at radius 1 is 1.20 bits per heavy atom. The van der Waals surface area contributed by atoms with Gasteiger partial charge in [0.25, 0.3) is 5.92 Å². The zero-order valence-electron chi connectivity index (χ0n) is 15.3. The van der Waals surface area contributed by atoms with E-state index in [0.717, 1.165) is 12.3 Å². The number of piperidine rings is 1.